The predicted molar refractivity (Wildman–Crippen MR) is 66.4 cm³/mol. The molecule has 0 unspecified atom stereocenters. The summed E-state index contributed by atoms with van der Waals surface area (Å²) < 4.78 is 66.5. The molecule has 0 aliphatic heterocycles. The van der Waals surface area contributed by atoms with Crippen molar-refractivity contribution >= 4 is 33.0 Å². The molecule has 0 spiro atoms. The molecule has 0 fully saturated rings. The Kier molecular flexibility index (Phi) is 3.97. The summed E-state index contributed by atoms with van der Waals surface area (Å²) in [7, 11) is 0. The average molecular weight is 371 g/mol. The van der Waals surface area contributed by atoms with E-state index < -0.39 is 40.4 Å². The highest BCUT2D eigenvalue weighted by Gasteiger charge is 2.30. The Morgan fingerprint density at radius 3 is 1.85 bits per heavy atom. The molecule has 2 aromatic rings. The molecule has 0 saturated carbocycles. The zero-order valence-electron chi connectivity index (χ0n) is 9.66. The first-order valence-electron chi connectivity index (χ1n) is 5.07. The molecule has 0 bridgehead atoms. The van der Waals surface area contributed by atoms with E-state index in [0.717, 1.165) is 11.3 Å². The molecular formula is C12H4BrF5OS. The van der Waals surface area contributed by atoms with E-state index in [-0.39, 0.29) is 4.88 Å². The minimum absolute atomic E-state index is 0.127. The topological polar surface area (TPSA) is 17.1 Å². The molecule has 20 heavy (non-hydrogen) atoms. The summed E-state index contributed by atoms with van der Waals surface area (Å²) in [5.41, 5.74) is -0.836. The molecule has 106 valence electrons. The van der Waals surface area contributed by atoms with Gasteiger partial charge in [0.25, 0.3) is 0 Å². The van der Waals surface area contributed by atoms with Crippen LogP contribution in [0.1, 0.15) is 20.8 Å². The van der Waals surface area contributed by atoms with Crippen molar-refractivity contribution in [3.8, 4) is 0 Å². The van der Waals surface area contributed by atoms with Crippen LogP contribution < -0.4 is 0 Å². The molecular weight excluding hydrogens is 367 g/mol. The second-order valence-corrected chi connectivity index (χ2v) is 6.21. The first-order valence-corrected chi connectivity index (χ1v) is 6.68. The first-order chi connectivity index (χ1) is 9.25. The van der Waals surface area contributed by atoms with E-state index in [1.54, 1.807) is 6.92 Å². The second-order valence-electron chi connectivity index (χ2n) is 3.84. The number of thiophene rings is 1. The number of benzene rings is 1. The maximum absolute atomic E-state index is 13.5. The first kappa shape index (κ1) is 15.1. The predicted octanol–water partition coefficient (Wildman–Crippen LogP) is 4.75. The van der Waals surface area contributed by atoms with E-state index in [4.69, 9.17) is 0 Å². The minimum atomic E-state index is -2.29. The summed E-state index contributed by atoms with van der Waals surface area (Å²) in [4.78, 5) is 11.8. The summed E-state index contributed by atoms with van der Waals surface area (Å²) in [6.45, 7) is 1.62. The maximum atomic E-state index is 13.5. The van der Waals surface area contributed by atoms with Crippen LogP contribution in [0.5, 0.6) is 0 Å². The van der Waals surface area contributed by atoms with Gasteiger partial charge in [-0.05, 0) is 34.5 Å². The van der Waals surface area contributed by atoms with Crippen molar-refractivity contribution in [2.75, 3.05) is 0 Å². The third kappa shape index (κ3) is 2.26. The number of halogens is 6. The number of hydrogen-bond donors (Lipinski definition) is 0. The molecule has 1 heterocycles. The maximum Gasteiger partial charge on any atom is 0.209 e. The third-order valence-corrected chi connectivity index (χ3v) is 4.65. The fraction of sp³-hybridized carbons (Fsp3) is 0.0833. The Morgan fingerprint density at radius 1 is 1.00 bits per heavy atom. The number of carbonyl (C=O) groups is 1. The van der Waals surface area contributed by atoms with Crippen molar-refractivity contribution in [2.45, 2.75) is 6.92 Å². The van der Waals surface area contributed by atoms with Gasteiger partial charge in [-0.2, -0.15) is 0 Å². The van der Waals surface area contributed by atoms with Crippen LogP contribution in [0.2, 0.25) is 0 Å². The van der Waals surface area contributed by atoms with E-state index in [1.165, 1.54) is 6.07 Å². The van der Waals surface area contributed by atoms with Gasteiger partial charge in [0.2, 0.25) is 11.6 Å². The molecule has 0 radical (unpaired) electrons. The average Bonchev–Trinajstić information content (AvgIpc) is 2.74. The van der Waals surface area contributed by atoms with Crippen LogP contribution in [-0.4, -0.2) is 5.78 Å². The van der Waals surface area contributed by atoms with E-state index in [1.807, 2.05) is 0 Å². The van der Waals surface area contributed by atoms with Crippen LogP contribution in [-0.2, 0) is 0 Å². The van der Waals surface area contributed by atoms with Gasteiger partial charge in [0.15, 0.2) is 23.3 Å². The molecule has 1 nitrogen and oxygen atoms in total. The highest BCUT2D eigenvalue weighted by Crippen LogP contribution is 2.31. The van der Waals surface area contributed by atoms with Gasteiger partial charge in [-0.15, -0.1) is 11.3 Å². The molecule has 0 saturated heterocycles. The quantitative estimate of drug-likeness (QED) is 0.323. The molecule has 1 aromatic carbocycles. The number of rotatable bonds is 2. The van der Waals surface area contributed by atoms with Crippen LogP contribution in [0.15, 0.2) is 9.85 Å². The van der Waals surface area contributed by atoms with Gasteiger partial charge >= 0.3 is 0 Å². The lowest BCUT2D eigenvalue weighted by Gasteiger charge is -2.06. The highest BCUT2D eigenvalue weighted by atomic mass is 79.9. The molecule has 0 N–H and O–H groups in total. The fourth-order valence-electron chi connectivity index (χ4n) is 1.50. The van der Waals surface area contributed by atoms with Crippen LogP contribution in [0, 0.1) is 36.0 Å². The normalized spacial score (nSPS) is 10.9. The van der Waals surface area contributed by atoms with Crippen molar-refractivity contribution in [2.24, 2.45) is 0 Å². The Bertz CT molecular complexity index is 677. The smallest absolute Gasteiger partial charge is 0.209 e. The molecule has 8 heteroatoms. The largest absolute Gasteiger partial charge is 0.287 e. The number of ketones is 1. The standard InChI is InChI=1S/C12H4BrF5OS/c1-3-2-4(20-12(3)13)11(19)5-6(14)8(16)10(18)9(17)7(5)15/h2H,1H3. The lowest BCUT2D eigenvalue weighted by Crippen LogP contribution is -2.12. The zero-order chi connectivity index (χ0) is 15.2. The summed E-state index contributed by atoms with van der Waals surface area (Å²) in [6, 6.07) is 1.30. The summed E-state index contributed by atoms with van der Waals surface area (Å²) in [5.74, 6) is -12.1. The highest BCUT2D eigenvalue weighted by molar-refractivity contribution is 9.11. The molecule has 1 aromatic heterocycles. The van der Waals surface area contributed by atoms with Crippen molar-refractivity contribution in [3.05, 3.63) is 54.9 Å². The number of aryl methyl sites for hydroxylation is 1. The molecule has 2 rings (SSSR count). The van der Waals surface area contributed by atoms with Gasteiger partial charge in [0.05, 0.1) is 8.66 Å². The Labute approximate surface area is 122 Å². The number of hydrogen-bond acceptors (Lipinski definition) is 2. The van der Waals surface area contributed by atoms with Crippen molar-refractivity contribution in [3.63, 3.8) is 0 Å². The zero-order valence-corrected chi connectivity index (χ0v) is 12.1. The summed E-state index contributed by atoms with van der Waals surface area (Å²) in [6.07, 6.45) is 0. The van der Waals surface area contributed by atoms with Gasteiger partial charge in [-0.1, -0.05) is 0 Å². The van der Waals surface area contributed by atoms with Crippen molar-refractivity contribution in [1.29, 1.82) is 0 Å². The summed E-state index contributed by atoms with van der Waals surface area (Å²) >= 11 is 3.95. The Morgan fingerprint density at radius 2 is 1.45 bits per heavy atom. The van der Waals surface area contributed by atoms with Gasteiger partial charge in [-0.25, -0.2) is 22.0 Å². The van der Waals surface area contributed by atoms with Gasteiger partial charge in [0, 0.05) is 0 Å². The van der Waals surface area contributed by atoms with Crippen molar-refractivity contribution in [1.82, 2.24) is 0 Å². The SMILES string of the molecule is Cc1cc(C(=O)c2c(F)c(F)c(F)c(F)c2F)sc1Br. The Hall–Kier alpha value is -1.28. The van der Waals surface area contributed by atoms with E-state index in [2.05, 4.69) is 15.9 Å². The van der Waals surface area contributed by atoms with Crippen LogP contribution in [0.4, 0.5) is 22.0 Å². The van der Waals surface area contributed by atoms with Crippen LogP contribution >= 0.6 is 27.3 Å². The van der Waals surface area contributed by atoms with Gasteiger partial charge < -0.3 is 0 Å². The molecule has 0 amide bonds. The lowest BCUT2D eigenvalue weighted by molar-refractivity contribution is 0.103. The molecule has 0 aliphatic carbocycles. The molecule has 0 atom stereocenters. The van der Waals surface area contributed by atoms with E-state index in [9.17, 15) is 26.7 Å². The monoisotopic (exact) mass is 370 g/mol. The van der Waals surface area contributed by atoms with Crippen LogP contribution in [0.25, 0.3) is 0 Å². The minimum Gasteiger partial charge on any atom is -0.287 e. The Balaban J connectivity index is 2.67. The van der Waals surface area contributed by atoms with Gasteiger partial charge in [-0.3, -0.25) is 4.79 Å². The summed E-state index contributed by atoms with van der Waals surface area (Å²) in [5, 5.41) is 0. The van der Waals surface area contributed by atoms with E-state index >= 15 is 0 Å². The molecule has 0 aliphatic rings. The van der Waals surface area contributed by atoms with Crippen molar-refractivity contribution < 1.29 is 26.7 Å². The van der Waals surface area contributed by atoms with E-state index in [0.29, 0.717) is 9.35 Å². The fourth-order valence-corrected chi connectivity index (χ4v) is 2.98. The van der Waals surface area contributed by atoms with Gasteiger partial charge in [0.1, 0.15) is 5.56 Å². The second kappa shape index (κ2) is 5.25. The number of carbonyl (C=O) groups excluding carboxylic acids is 1. The third-order valence-electron chi connectivity index (χ3n) is 2.52. The van der Waals surface area contributed by atoms with Crippen LogP contribution in [0.3, 0.4) is 0 Å². The lowest BCUT2D eigenvalue weighted by atomic mass is 10.1.